The first-order chi connectivity index (χ1) is 8.70. The number of Topliss-reactive ketones (excluding diaryl/α,β-unsaturated/α-hetero) is 1. The van der Waals surface area contributed by atoms with Crippen LogP contribution in [0.2, 0.25) is 0 Å². The standard InChI is InChI=1S/C14H12N2O2/c1-16-7-3-6-13(16)14(17)10-18-12-5-2-4-11(8-12)9-15/h2-8H,10H2,1H3. The Hall–Kier alpha value is -2.54. The number of aryl methyl sites for hydroxylation is 1. The Morgan fingerprint density at radius 2 is 2.22 bits per heavy atom. The van der Waals surface area contributed by atoms with Crippen LogP contribution in [0, 0.1) is 11.3 Å². The fraction of sp³-hybridized carbons (Fsp3) is 0.143. The fourth-order valence-corrected chi connectivity index (χ4v) is 1.63. The molecule has 1 aromatic heterocycles. The second kappa shape index (κ2) is 5.19. The minimum absolute atomic E-state index is 0.0350. The number of ether oxygens (including phenoxy) is 1. The molecule has 0 unspecified atom stereocenters. The van der Waals surface area contributed by atoms with Crippen LogP contribution in [0.15, 0.2) is 42.6 Å². The number of carbonyl (C=O) groups excluding carboxylic acids is 1. The Balaban J connectivity index is 2.02. The molecule has 0 spiro atoms. The molecular weight excluding hydrogens is 228 g/mol. The van der Waals surface area contributed by atoms with Crippen LogP contribution in [-0.2, 0) is 7.05 Å². The summed E-state index contributed by atoms with van der Waals surface area (Å²) in [5.74, 6) is 0.432. The zero-order valence-corrected chi connectivity index (χ0v) is 9.96. The van der Waals surface area contributed by atoms with Gasteiger partial charge in [-0.05, 0) is 30.3 Å². The molecule has 0 aliphatic carbocycles. The van der Waals surface area contributed by atoms with Gasteiger partial charge in [-0.3, -0.25) is 4.79 Å². The normalized spacial score (nSPS) is 9.78. The predicted octanol–water partition coefficient (Wildman–Crippen LogP) is 2.16. The Morgan fingerprint density at radius 1 is 1.39 bits per heavy atom. The van der Waals surface area contributed by atoms with E-state index in [1.807, 2.05) is 25.4 Å². The molecule has 4 heteroatoms. The van der Waals surface area contributed by atoms with E-state index in [-0.39, 0.29) is 12.4 Å². The summed E-state index contributed by atoms with van der Waals surface area (Å²) in [6.07, 6.45) is 1.81. The van der Waals surface area contributed by atoms with Gasteiger partial charge in [0.15, 0.2) is 6.61 Å². The van der Waals surface area contributed by atoms with E-state index >= 15 is 0 Å². The van der Waals surface area contributed by atoms with Gasteiger partial charge in [0.05, 0.1) is 17.3 Å². The molecule has 18 heavy (non-hydrogen) atoms. The molecule has 0 aliphatic heterocycles. The molecule has 2 aromatic rings. The highest BCUT2D eigenvalue weighted by molar-refractivity contribution is 5.95. The van der Waals surface area contributed by atoms with Gasteiger partial charge in [-0.2, -0.15) is 5.26 Å². The van der Waals surface area contributed by atoms with Gasteiger partial charge in [0, 0.05) is 13.2 Å². The van der Waals surface area contributed by atoms with Crippen LogP contribution in [0.25, 0.3) is 0 Å². The van der Waals surface area contributed by atoms with Crippen LogP contribution in [-0.4, -0.2) is 17.0 Å². The van der Waals surface area contributed by atoms with E-state index in [1.165, 1.54) is 0 Å². The van der Waals surface area contributed by atoms with Gasteiger partial charge in [0.25, 0.3) is 0 Å². The van der Waals surface area contributed by atoms with Crippen molar-refractivity contribution in [2.75, 3.05) is 6.61 Å². The van der Waals surface area contributed by atoms with E-state index in [0.717, 1.165) is 0 Å². The van der Waals surface area contributed by atoms with E-state index in [4.69, 9.17) is 10.00 Å². The van der Waals surface area contributed by atoms with Gasteiger partial charge >= 0.3 is 0 Å². The maximum Gasteiger partial charge on any atom is 0.216 e. The number of nitriles is 1. The Labute approximate surface area is 105 Å². The molecule has 0 saturated carbocycles. The lowest BCUT2D eigenvalue weighted by Crippen LogP contribution is -2.14. The van der Waals surface area contributed by atoms with Crippen molar-refractivity contribution in [3.8, 4) is 11.8 Å². The molecule has 1 aromatic carbocycles. The molecule has 0 radical (unpaired) electrons. The second-order valence-corrected chi connectivity index (χ2v) is 3.86. The summed E-state index contributed by atoms with van der Waals surface area (Å²) in [6, 6.07) is 12.3. The highest BCUT2D eigenvalue weighted by atomic mass is 16.5. The molecule has 4 nitrogen and oxygen atoms in total. The van der Waals surface area contributed by atoms with Crippen LogP contribution in [0.5, 0.6) is 5.75 Å². The topological polar surface area (TPSA) is 55.0 Å². The predicted molar refractivity (Wildman–Crippen MR) is 66.4 cm³/mol. The number of benzene rings is 1. The molecule has 0 N–H and O–H groups in total. The molecule has 0 atom stereocenters. The Bertz CT molecular complexity index is 608. The lowest BCUT2D eigenvalue weighted by molar-refractivity contribution is 0.0913. The lowest BCUT2D eigenvalue weighted by Gasteiger charge is -2.06. The maximum atomic E-state index is 11.8. The SMILES string of the molecule is Cn1cccc1C(=O)COc1cccc(C#N)c1. The van der Waals surface area contributed by atoms with Crippen LogP contribution < -0.4 is 4.74 Å². The van der Waals surface area contributed by atoms with Crippen molar-refractivity contribution in [3.63, 3.8) is 0 Å². The number of ketones is 1. The molecular formula is C14H12N2O2. The average molecular weight is 240 g/mol. The van der Waals surface area contributed by atoms with E-state index in [0.29, 0.717) is 17.0 Å². The van der Waals surface area contributed by atoms with Gasteiger partial charge in [-0.25, -0.2) is 0 Å². The zero-order valence-electron chi connectivity index (χ0n) is 9.96. The summed E-state index contributed by atoms with van der Waals surface area (Å²) in [4.78, 5) is 11.8. The summed E-state index contributed by atoms with van der Waals surface area (Å²) in [5, 5.41) is 8.75. The van der Waals surface area contributed by atoms with Gasteiger partial charge in [0.1, 0.15) is 5.75 Å². The average Bonchev–Trinajstić information content (AvgIpc) is 2.82. The van der Waals surface area contributed by atoms with Gasteiger partial charge in [0.2, 0.25) is 5.78 Å². The quantitative estimate of drug-likeness (QED) is 0.769. The third kappa shape index (κ3) is 2.58. The van der Waals surface area contributed by atoms with Crippen molar-refractivity contribution in [3.05, 3.63) is 53.9 Å². The van der Waals surface area contributed by atoms with E-state index < -0.39 is 0 Å². The number of hydrogen-bond donors (Lipinski definition) is 0. The second-order valence-electron chi connectivity index (χ2n) is 3.86. The largest absolute Gasteiger partial charge is 0.485 e. The van der Waals surface area contributed by atoms with Crippen molar-refractivity contribution < 1.29 is 9.53 Å². The lowest BCUT2D eigenvalue weighted by atomic mass is 10.2. The first-order valence-corrected chi connectivity index (χ1v) is 5.48. The monoisotopic (exact) mass is 240 g/mol. The number of rotatable bonds is 4. The minimum atomic E-state index is -0.0927. The number of hydrogen-bond acceptors (Lipinski definition) is 3. The summed E-state index contributed by atoms with van der Waals surface area (Å²) < 4.78 is 7.12. The minimum Gasteiger partial charge on any atom is -0.485 e. The van der Waals surface area contributed by atoms with Gasteiger partial charge < -0.3 is 9.30 Å². The van der Waals surface area contributed by atoms with Crippen molar-refractivity contribution in [2.24, 2.45) is 7.05 Å². The highest BCUT2D eigenvalue weighted by Gasteiger charge is 2.09. The van der Waals surface area contributed by atoms with Crippen LogP contribution in [0.1, 0.15) is 16.1 Å². The first kappa shape index (κ1) is 11.9. The van der Waals surface area contributed by atoms with E-state index in [9.17, 15) is 4.79 Å². The molecule has 1 heterocycles. The summed E-state index contributed by atoms with van der Waals surface area (Å²) in [6.45, 7) is -0.0350. The Morgan fingerprint density at radius 3 is 2.89 bits per heavy atom. The highest BCUT2D eigenvalue weighted by Crippen LogP contribution is 2.13. The first-order valence-electron chi connectivity index (χ1n) is 5.48. The van der Waals surface area contributed by atoms with Crippen molar-refractivity contribution in [1.82, 2.24) is 4.57 Å². The van der Waals surface area contributed by atoms with Crippen molar-refractivity contribution >= 4 is 5.78 Å². The van der Waals surface area contributed by atoms with Gasteiger partial charge in [-0.15, -0.1) is 0 Å². The number of nitrogens with zero attached hydrogens (tertiary/aromatic N) is 2. The van der Waals surface area contributed by atoms with E-state index in [2.05, 4.69) is 0 Å². The summed E-state index contributed by atoms with van der Waals surface area (Å²) in [5.41, 5.74) is 1.12. The third-order valence-corrected chi connectivity index (χ3v) is 2.56. The summed E-state index contributed by atoms with van der Waals surface area (Å²) >= 11 is 0. The van der Waals surface area contributed by atoms with Crippen LogP contribution in [0.3, 0.4) is 0 Å². The maximum absolute atomic E-state index is 11.8. The van der Waals surface area contributed by atoms with Crippen LogP contribution in [0.4, 0.5) is 0 Å². The molecule has 0 saturated heterocycles. The van der Waals surface area contributed by atoms with Crippen molar-refractivity contribution in [2.45, 2.75) is 0 Å². The van der Waals surface area contributed by atoms with Crippen molar-refractivity contribution in [1.29, 1.82) is 5.26 Å². The molecule has 2 rings (SSSR count). The number of aromatic nitrogens is 1. The smallest absolute Gasteiger partial charge is 0.216 e. The summed E-state index contributed by atoms with van der Waals surface area (Å²) in [7, 11) is 1.81. The van der Waals surface area contributed by atoms with Gasteiger partial charge in [-0.1, -0.05) is 6.07 Å². The van der Waals surface area contributed by atoms with Crippen LogP contribution >= 0.6 is 0 Å². The Kier molecular flexibility index (Phi) is 3.44. The number of carbonyl (C=O) groups is 1. The zero-order chi connectivity index (χ0) is 13.0. The molecule has 0 aliphatic rings. The molecule has 90 valence electrons. The molecule has 0 bridgehead atoms. The molecule has 0 amide bonds. The molecule has 0 fully saturated rings. The fourth-order valence-electron chi connectivity index (χ4n) is 1.63. The van der Waals surface area contributed by atoms with E-state index in [1.54, 1.807) is 34.9 Å². The third-order valence-electron chi connectivity index (χ3n) is 2.56.